The van der Waals surface area contributed by atoms with Crippen molar-refractivity contribution >= 4 is 28.1 Å². The van der Waals surface area contributed by atoms with Crippen molar-refractivity contribution in [2.45, 2.75) is 32.7 Å². The molecule has 3 aromatic rings. The van der Waals surface area contributed by atoms with E-state index < -0.39 is 0 Å². The molecule has 0 amide bonds. The molecule has 0 bridgehead atoms. The number of anilines is 3. The molecule has 4 rings (SSSR count). The van der Waals surface area contributed by atoms with Crippen molar-refractivity contribution in [1.82, 2.24) is 30.1 Å². The fourth-order valence-electron chi connectivity index (χ4n) is 3.07. The van der Waals surface area contributed by atoms with E-state index in [4.69, 9.17) is 0 Å². The van der Waals surface area contributed by atoms with Crippen LogP contribution in [0.15, 0.2) is 24.7 Å². The van der Waals surface area contributed by atoms with E-state index in [-0.39, 0.29) is 6.04 Å². The molecular weight excluding hydrogens is 336 g/mol. The normalized spacial score (nSPS) is 17.0. The van der Waals surface area contributed by atoms with Gasteiger partial charge >= 0.3 is 0 Å². The molecule has 0 unspecified atom stereocenters. The number of aryl methyl sites for hydroxylation is 2. The lowest BCUT2D eigenvalue weighted by molar-refractivity contribution is 0.680. The minimum absolute atomic E-state index is 0.176. The topological polar surface area (TPSA) is 92.6 Å². The highest BCUT2D eigenvalue weighted by molar-refractivity contribution is 7.15. The van der Waals surface area contributed by atoms with Crippen LogP contribution in [-0.4, -0.2) is 36.7 Å². The summed E-state index contributed by atoms with van der Waals surface area (Å²) >= 11 is 1.50. The molecule has 4 heterocycles. The van der Waals surface area contributed by atoms with Gasteiger partial charge in [0.25, 0.3) is 0 Å². The third kappa shape index (κ3) is 3.41. The number of hydrogen-bond donors (Lipinski definition) is 1. The minimum Gasteiger partial charge on any atom is -0.347 e. The second-order valence-electron chi connectivity index (χ2n) is 5.89. The van der Waals surface area contributed by atoms with Gasteiger partial charge in [-0.15, -0.1) is 10.2 Å². The minimum atomic E-state index is 0.176. The van der Waals surface area contributed by atoms with Gasteiger partial charge in [-0.05, 0) is 26.7 Å². The number of nitrogens with one attached hydrogen (secondary N) is 1. The second kappa shape index (κ2) is 6.67. The molecule has 1 aliphatic rings. The van der Waals surface area contributed by atoms with Gasteiger partial charge in [0.15, 0.2) is 0 Å². The van der Waals surface area contributed by atoms with Crippen LogP contribution in [0.1, 0.15) is 35.4 Å². The first-order chi connectivity index (χ1) is 12.2. The SMILES string of the molecule is Cc1nc(Nc2nnc(C)s2)cc([C@H]2CCCN2c2cnccn2)n1. The van der Waals surface area contributed by atoms with Crippen molar-refractivity contribution in [2.24, 2.45) is 0 Å². The predicted molar refractivity (Wildman–Crippen MR) is 96.1 cm³/mol. The van der Waals surface area contributed by atoms with E-state index in [1.54, 1.807) is 18.6 Å². The molecule has 0 aliphatic carbocycles. The van der Waals surface area contributed by atoms with Gasteiger partial charge in [-0.3, -0.25) is 4.98 Å². The molecule has 1 aliphatic heterocycles. The third-order valence-corrected chi connectivity index (χ3v) is 4.81. The van der Waals surface area contributed by atoms with Crippen LogP contribution in [-0.2, 0) is 0 Å². The molecular formula is C16H18N8S. The maximum absolute atomic E-state index is 4.66. The van der Waals surface area contributed by atoms with Crippen LogP contribution in [0.3, 0.4) is 0 Å². The van der Waals surface area contributed by atoms with Gasteiger partial charge in [0.05, 0.1) is 17.9 Å². The quantitative estimate of drug-likeness (QED) is 0.764. The molecule has 8 nitrogen and oxygen atoms in total. The Hall–Kier alpha value is -2.68. The number of rotatable bonds is 4. The summed E-state index contributed by atoms with van der Waals surface area (Å²) in [5.41, 5.74) is 0.986. The third-order valence-electron chi connectivity index (χ3n) is 4.06. The Morgan fingerprint density at radius 1 is 1.20 bits per heavy atom. The molecule has 128 valence electrons. The van der Waals surface area contributed by atoms with Crippen molar-refractivity contribution in [2.75, 3.05) is 16.8 Å². The molecule has 9 heteroatoms. The van der Waals surface area contributed by atoms with Gasteiger partial charge in [0.2, 0.25) is 5.13 Å². The van der Waals surface area contributed by atoms with E-state index in [0.29, 0.717) is 0 Å². The standard InChI is InChI=1S/C16H18N8S/c1-10-19-12(8-14(20-10)21-16-23-22-11(2)25-16)13-4-3-7-24(13)15-9-17-5-6-18-15/h5-6,8-9,13H,3-4,7H2,1-2H3,(H,19,20,21,23)/t13-/m1/s1. The average Bonchev–Trinajstić information content (AvgIpc) is 3.24. The molecule has 0 radical (unpaired) electrons. The number of hydrogen-bond acceptors (Lipinski definition) is 9. The summed E-state index contributed by atoms with van der Waals surface area (Å²) in [5.74, 6) is 2.35. The Balaban J connectivity index is 1.63. The zero-order valence-corrected chi connectivity index (χ0v) is 14.9. The largest absolute Gasteiger partial charge is 0.347 e. The maximum atomic E-state index is 4.66. The molecule has 0 saturated carbocycles. The summed E-state index contributed by atoms with van der Waals surface area (Å²) in [5, 5.41) is 13.0. The van der Waals surface area contributed by atoms with Gasteiger partial charge in [0, 0.05) is 25.0 Å². The molecule has 1 atom stereocenters. The molecule has 1 fully saturated rings. The Bertz CT molecular complexity index is 866. The van der Waals surface area contributed by atoms with E-state index in [1.165, 1.54) is 11.3 Å². The van der Waals surface area contributed by atoms with Gasteiger partial charge in [-0.1, -0.05) is 11.3 Å². The predicted octanol–water partition coefficient (Wildman–Crippen LogP) is 2.82. The molecule has 0 spiro atoms. The van der Waals surface area contributed by atoms with Gasteiger partial charge in [-0.25, -0.2) is 15.0 Å². The molecule has 3 aromatic heterocycles. The highest BCUT2D eigenvalue weighted by Gasteiger charge is 2.29. The summed E-state index contributed by atoms with van der Waals surface area (Å²) < 4.78 is 0. The van der Waals surface area contributed by atoms with Crippen molar-refractivity contribution in [3.63, 3.8) is 0 Å². The Morgan fingerprint density at radius 3 is 2.88 bits per heavy atom. The van der Waals surface area contributed by atoms with Crippen molar-refractivity contribution in [3.05, 3.63) is 41.2 Å². The van der Waals surface area contributed by atoms with Crippen LogP contribution < -0.4 is 10.2 Å². The zero-order chi connectivity index (χ0) is 17.2. The van der Waals surface area contributed by atoms with Crippen LogP contribution in [0.4, 0.5) is 16.8 Å². The summed E-state index contributed by atoms with van der Waals surface area (Å²) in [4.78, 5) is 20.0. The summed E-state index contributed by atoms with van der Waals surface area (Å²) in [7, 11) is 0. The van der Waals surface area contributed by atoms with Gasteiger partial charge in [-0.2, -0.15) is 0 Å². The lowest BCUT2D eigenvalue weighted by atomic mass is 10.1. The first kappa shape index (κ1) is 15.8. The fraction of sp³-hybridized carbons (Fsp3) is 0.375. The first-order valence-electron chi connectivity index (χ1n) is 8.14. The van der Waals surface area contributed by atoms with Crippen molar-refractivity contribution in [1.29, 1.82) is 0 Å². The van der Waals surface area contributed by atoms with Crippen LogP contribution in [0, 0.1) is 13.8 Å². The lowest BCUT2D eigenvalue weighted by Gasteiger charge is -2.25. The van der Waals surface area contributed by atoms with Crippen LogP contribution >= 0.6 is 11.3 Å². The van der Waals surface area contributed by atoms with Gasteiger partial charge < -0.3 is 10.2 Å². The highest BCUT2D eigenvalue weighted by Crippen LogP contribution is 2.34. The summed E-state index contributed by atoms with van der Waals surface area (Å²) in [6.45, 7) is 4.78. The average molecular weight is 354 g/mol. The Kier molecular flexibility index (Phi) is 4.22. The maximum Gasteiger partial charge on any atom is 0.211 e. The fourth-order valence-corrected chi connectivity index (χ4v) is 3.67. The number of aromatic nitrogens is 6. The highest BCUT2D eigenvalue weighted by atomic mass is 32.1. The van der Waals surface area contributed by atoms with Gasteiger partial charge in [0.1, 0.15) is 22.5 Å². The monoisotopic (exact) mass is 354 g/mol. The van der Waals surface area contributed by atoms with E-state index in [1.807, 2.05) is 19.9 Å². The second-order valence-corrected chi connectivity index (χ2v) is 7.07. The van der Waals surface area contributed by atoms with Crippen molar-refractivity contribution in [3.8, 4) is 0 Å². The van der Waals surface area contributed by atoms with Crippen molar-refractivity contribution < 1.29 is 0 Å². The molecule has 1 N–H and O–H groups in total. The van der Waals surface area contributed by atoms with E-state index >= 15 is 0 Å². The summed E-state index contributed by atoms with van der Waals surface area (Å²) in [6, 6.07) is 2.17. The van der Waals surface area contributed by atoms with Crippen LogP contribution in [0.2, 0.25) is 0 Å². The van der Waals surface area contributed by atoms with E-state index in [9.17, 15) is 0 Å². The Morgan fingerprint density at radius 2 is 2.12 bits per heavy atom. The first-order valence-corrected chi connectivity index (χ1v) is 8.96. The lowest BCUT2D eigenvalue weighted by Crippen LogP contribution is -2.24. The Labute approximate surface area is 149 Å². The van der Waals surface area contributed by atoms with Crippen LogP contribution in [0.5, 0.6) is 0 Å². The molecule has 1 saturated heterocycles. The summed E-state index contributed by atoms with van der Waals surface area (Å²) in [6.07, 6.45) is 7.35. The van der Waals surface area contributed by atoms with Crippen LogP contribution in [0.25, 0.3) is 0 Å². The molecule has 0 aromatic carbocycles. The smallest absolute Gasteiger partial charge is 0.211 e. The number of nitrogens with zero attached hydrogens (tertiary/aromatic N) is 7. The van der Waals surface area contributed by atoms with E-state index in [2.05, 4.69) is 40.3 Å². The zero-order valence-electron chi connectivity index (χ0n) is 14.0. The van der Waals surface area contributed by atoms with E-state index in [0.717, 1.165) is 52.7 Å². The molecule has 25 heavy (non-hydrogen) atoms.